The summed E-state index contributed by atoms with van der Waals surface area (Å²) >= 11 is 0. The van der Waals surface area contributed by atoms with Gasteiger partial charge in [-0.2, -0.15) is 0 Å². The lowest BCUT2D eigenvalue weighted by Gasteiger charge is -2.39. The first-order chi connectivity index (χ1) is 8.31. The van der Waals surface area contributed by atoms with Crippen LogP contribution in [0.1, 0.15) is 27.7 Å². The largest absolute Gasteiger partial charge is 0.389 e. The van der Waals surface area contributed by atoms with E-state index in [1.807, 2.05) is 13.8 Å². The highest BCUT2D eigenvalue weighted by Crippen LogP contribution is 2.14. The number of nitrogens with two attached hydrogens (primary N) is 1. The minimum absolute atomic E-state index is 0.583. The molecule has 1 aliphatic heterocycles. The van der Waals surface area contributed by atoms with Gasteiger partial charge in [-0.05, 0) is 32.2 Å². The first-order valence-electron chi connectivity index (χ1n) is 7.19. The van der Waals surface area contributed by atoms with Crippen LogP contribution in [-0.2, 0) is 0 Å². The topological polar surface area (TPSA) is 52.7 Å². The number of piperazine rings is 1. The Morgan fingerprint density at radius 1 is 1.11 bits per heavy atom. The fourth-order valence-corrected chi connectivity index (χ4v) is 2.57. The average Bonchev–Trinajstić information content (AvgIpc) is 2.25. The molecule has 0 spiro atoms. The summed E-state index contributed by atoms with van der Waals surface area (Å²) in [7, 11) is 0. The summed E-state index contributed by atoms with van der Waals surface area (Å²) in [6.45, 7) is 15.2. The van der Waals surface area contributed by atoms with E-state index < -0.39 is 5.60 Å². The molecule has 0 amide bonds. The lowest BCUT2D eigenvalue weighted by molar-refractivity contribution is 0.0149. The van der Waals surface area contributed by atoms with Gasteiger partial charge >= 0.3 is 0 Å². The van der Waals surface area contributed by atoms with Gasteiger partial charge in [0.25, 0.3) is 0 Å². The highest BCUT2D eigenvalue weighted by atomic mass is 16.3. The second kappa shape index (κ2) is 6.85. The Morgan fingerprint density at radius 2 is 1.61 bits per heavy atom. The van der Waals surface area contributed by atoms with E-state index in [4.69, 9.17) is 5.73 Å². The number of hydrogen-bond donors (Lipinski definition) is 2. The average molecular weight is 257 g/mol. The summed E-state index contributed by atoms with van der Waals surface area (Å²) < 4.78 is 0. The molecule has 4 nitrogen and oxygen atoms in total. The molecule has 3 N–H and O–H groups in total. The summed E-state index contributed by atoms with van der Waals surface area (Å²) in [6.07, 6.45) is 0. The molecule has 108 valence electrons. The van der Waals surface area contributed by atoms with E-state index in [0.717, 1.165) is 45.8 Å². The molecule has 4 heteroatoms. The van der Waals surface area contributed by atoms with Crippen molar-refractivity contribution in [2.45, 2.75) is 33.3 Å². The second-order valence-corrected chi connectivity index (χ2v) is 6.63. The third kappa shape index (κ3) is 5.65. The highest BCUT2D eigenvalue weighted by molar-refractivity contribution is 4.79. The monoisotopic (exact) mass is 257 g/mol. The van der Waals surface area contributed by atoms with E-state index in [1.54, 1.807) is 0 Å². The summed E-state index contributed by atoms with van der Waals surface area (Å²) in [5.41, 5.74) is 5.25. The van der Waals surface area contributed by atoms with Crippen molar-refractivity contribution < 1.29 is 5.11 Å². The maximum atomic E-state index is 9.82. The molecule has 1 heterocycles. The first kappa shape index (κ1) is 15.9. The van der Waals surface area contributed by atoms with Crippen molar-refractivity contribution in [3.05, 3.63) is 0 Å². The van der Waals surface area contributed by atoms with E-state index in [2.05, 4.69) is 23.6 Å². The Bertz CT molecular complexity index is 230. The van der Waals surface area contributed by atoms with Crippen molar-refractivity contribution in [1.29, 1.82) is 0 Å². The minimum atomic E-state index is -0.583. The molecule has 1 aliphatic rings. The quantitative estimate of drug-likeness (QED) is 0.732. The van der Waals surface area contributed by atoms with Crippen molar-refractivity contribution in [1.82, 2.24) is 9.80 Å². The smallest absolute Gasteiger partial charge is 0.0718 e. The van der Waals surface area contributed by atoms with E-state index in [0.29, 0.717) is 11.8 Å². The zero-order valence-electron chi connectivity index (χ0n) is 12.5. The van der Waals surface area contributed by atoms with Crippen LogP contribution in [0.2, 0.25) is 0 Å². The van der Waals surface area contributed by atoms with Gasteiger partial charge in [0.2, 0.25) is 0 Å². The first-order valence-corrected chi connectivity index (χ1v) is 7.19. The Kier molecular flexibility index (Phi) is 6.05. The van der Waals surface area contributed by atoms with Gasteiger partial charge in [-0.1, -0.05) is 13.8 Å². The Balaban J connectivity index is 2.31. The standard InChI is InChI=1S/C14H31N3O/c1-12(2)13(9-15)10-16-5-7-17(8-6-16)11-14(3,4)18/h12-13,18H,5-11,15H2,1-4H3. The van der Waals surface area contributed by atoms with Crippen LogP contribution in [0.3, 0.4) is 0 Å². The van der Waals surface area contributed by atoms with Crippen molar-refractivity contribution in [2.75, 3.05) is 45.8 Å². The van der Waals surface area contributed by atoms with Gasteiger partial charge in [-0.3, -0.25) is 4.90 Å². The molecule has 0 saturated carbocycles. The van der Waals surface area contributed by atoms with Crippen LogP contribution in [0.4, 0.5) is 0 Å². The van der Waals surface area contributed by atoms with Gasteiger partial charge in [-0.25, -0.2) is 0 Å². The Morgan fingerprint density at radius 3 is 2.00 bits per heavy atom. The fraction of sp³-hybridized carbons (Fsp3) is 1.00. The summed E-state index contributed by atoms with van der Waals surface area (Å²) in [4.78, 5) is 4.86. The number of rotatable bonds is 6. The van der Waals surface area contributed by atoms with Gasteiger partial charge in [-0.15, -0.1) is 0 Å². The molecule has 0 aliphatic carbocycles. The summed E-state index contributed by atoms with van der Waals surface area (Å²) in [5, 5.41) is 9.82. The van der Waals surface area contributed by atoms with Gasteiger partial charge in [0, 0.05) is 39.3 Å². The van der Waals surface area contributed by atoms with Crippen molar-refractivity contribution >= 4 is 0 Å². The van der Waals surface area contributed by atoms with Crippen molar-refractivity contribution in [3.8, 4) is 0 Å². The molecule has 0 radical (unpaired) electrons. The molecular formula is C14H31N3O. The van der Waals surface area contributed by atoms with E-state index in [9.17, 15) is 5.11 Å². The minimum Gasteiger partial charge on any atom is -0.389 e. The Labute approximate surface area is 112 Å². The zero-order valence-corrected chi connectivity index (χ0v) is 12.5. The van der Waals surface area contributed by atoms with Crippen LogP contribution in [0.15, 0.2) is 0 Å². The summed E-state index contributed by atoms with van der Waals surface area (Å²) in [5.74, 6) is 1.26. The maximum absolute atomic E-state index is 9.82. The predicted molar refractivity (Wildman–Crippen MR) is 76.6 cm³/mol. The van der Waals surface area contributed by atoms with E-state index in [1.165, 1.54) is 0 Å². The molecule has 1 saturated heterocycles. The number of nitrogens with zero attached hydrogens (tertiary/aromatic N) is 2. The van der Waals surface area contributed by atoms with Crippen LogP contribution >= 0.6 is 0 Å². The summed E-state index contributed by atoms with van der Waals surface area (Å²) in [6, 6.07) is 0. The molecule has 1 fully saturated rings. The van der Waals surface area contributed by atoms with Gasteiger partial charge in [0.1, 0.15) is 0 Å². The van der Waals surface area contributed by atoms with Crippen LogP contribution in [0.25, 0.3) is 0 Å². The third-order valence-electron chi connectivity index (χ3n) is 3.81. The Hall–Kier alpha value is -0.160. The van der Waals surface area contributed by atoms with E-state index in [-0.39, 0.29) is 0 Å². The van der Waals surface area contributed by atoms with Crippen LogP contribution in [-0.4, -0.2) is 66.3 Å². The number of aliphatic hydroxyl groups is 1. The van der Waals surface area contributed by atoms with E-state index >= 15 is 0 Å². The zero-order chi connectivity index (χ0) is 13.8. The SMILES string of the molecule is CC(C)C(CN)CN1CCN(CC(C)(C)O)CC1. The molecular weight excluding hydrogens is 226 g/mol. The lowest BCUT2D eigenvalue weighted by Crippen LogP contribution is -2.52. The van der Waals surface area contributed by atoms with Crippen LogP contribution < -0.4 is 5.73 Å². The second-order valence-electron chi connectivity index (χ2n) is 6.63. The molecule has 0 bridgehead atoms. The van der Waals surface area contributed by atoms with Crippen molar-refractivity contribution in [2.24, 2.45) is 17.6 Å². The molecule has 18 heavy (non-hydrogen) atoms. The molecule has 1 atom stereocenters. The lowest BCUT2D eigenvalue weighted by atomic mass is 9.95. The predicted octanol–water partition coefficient (Wildman–Crippen LogP) is 0.606. The number of hydrogen-bond acceptors (Lipinski definition) is 4. The van der Waals surface area contributed by atoms with Gasteiger partial charge < -0.3 is 15.7 Å². The van der Waals surface area contributed by atoms with Gasteiger partial charge in [0.15, 0.2) is 0 Å². The fourth-order valence-electron chi connectivity index (χ4n) is 2.57. The van der Waals surface area contributed by atoms with Crippen LogP contribution in [0.5, 0.6) is 0 Å². The highest BCUT2D eigenvalue weighted by Gasteiger charge is 2.24. The molecule has 0 aromatic heterocycles. The number of β-amino-alcohol motifs (C(OH)–C–C–N with tert-alkyl or cyclic N) is 1. The molecule has 1 rings (SSSR count). The third-order valence-corrected chi connectivity index (χ3v) is 3.81. The molecule has 0 aromatic carbocycles. The van der Waals surface area contributed by atoms with Gasteiger partial charge in [0.05, 0.1) is 5.60 Å². The van der Waals surface area contributed by atoms with Crippen LogP contribution in [0, 0.1) is 11.8 Å². The molecule has 1 unspecified atom stereocenters. The molecule has 0 aromatic rings. The van der Waals surface area contributed by atoms with Crippen molar-refractivity contribution in [3.63, 3.8) is 0 Å². The normalized spacial score (nSPS) is 21.5. The maximum Gasteiger partial charge on any atom is 0.0718 e.